The van der Waals surface area contributed by atoms with Crippen LogP contribution in [0.1, 0.15) is 6.42 Å². The second-order valence-corrected chi connectivity index (χ2v) is 5.04. The van der Waals surface area contributed by atoms with Gasteiger partial charge in [0.25, 0.3) is 5.69 Å². The summed E-state index contributed by atoms with van der Waals surface area (Å²) in [5.74, 6) is 0.627. The number of non-ortho nitro benzene ring substituents is 1. The maximum Gasteiger partial charge on any atom is 0.269 e. The first kappa shape index (κ1) is 12.3. The largest absolute Gasteiger partial charge is 0.488 e. The Morgan fingerprint density at radius 3 is 2.53 bits per heavy atom. The molecule has 0 amide bonds. The van der Waals surface area contributed by atoms with Crippen molar-refractivity contribution in [1.29, 1.82) is 0 Å². The fourth-order valence-electron chi connectivity index (χ4n) is 1.76. The van der Waals surface area contributed by atoms with Crippen LogP contribution in [0, 0.1) is 10.1 Å². The number of methoxy groups -OCH3 is 1. The van der Waals surface area contributed by atoms with E-state index in [9.17, 15) is 10.1 Å². The summed E-state index contributed by atoms with van der Waals surface area (Å²) in [5, 5.41) is 10.5. The van der Waals surface area contributed by atoms with Crippen molar-refractivity contribution in [1.82, 2.24) is 0 Å². The number of hydrogen-bond donors (Lipinski definition) is 0. The van der Waals surface area contributed by atoms with Gasteiger partial charge in [-0.2, -0.15) is 0 Å². The second kappa shape index (κ2) is 5.01. The van der Waals surface area contributed by atoms with Crippen LogP contribution in [0.3, 0.4) is 0 Å². The zero-order valence-electron chi connectivity index (χ0n) is 9.21. The second-order valence-electron chi connectivity index (χ2n) is 3.86. The normalized spacial score (nSPS) is 27.3. The van der Waals surface area contributed by atoms with Gasteiger partial charge in [-0.05, 0) is 12.1 Å². The third kappa shape index (κ3) is 2.58. The highest BCUT2D eigenvalue weighted by atomic mass is 79.9. The number of rotatable bonds is 4. The molecule has 0 saturated heterocycles. The summed E-state index contributed by atoms with van der Waals surface area (Å²) in [4.78, 5) is 10.4. The van der Waals surface area contributed by atoms with E-state index in [-0.39, 0.29) is 17.9 Å². The molecule has 6 heteroatoms. The summed E-state index contributed by atoms with van der Waals surface area (Å²) in [6, 6.07) is 6.07. The number of nitro groups is 1. The van der Waals surface area contributed by atoms with Crippen LogP contribution in [0.15, 0.2) is 24.3 Å². The summed E-state index contributed by atoms with van der Waals surface area (Å²) >= 11 is 3.48. The first-order chi connectivity index (χ1) is 8.11. The zero-order chi connectivity index (χ0) is 12.4. The molecule has 3 atom stereocenters. The topological polar surface area (TPSA) is 61.6 Å². The summed E-state index contributed by atoms with van der Waals surface area (Å²) in [7, 11) is 1.64. The van der Waals surface area contributed by atoms with Gasteiger partial charge in [-0.1, -0.05) is 15.9 Å². The van der Waals surface area contributed by atoms with Crippen LogP contribution < -0.4 is 4.74 Å². The van der Waals surface area contributed by atoms with Crippen molar-refractivity contribution in [2.45, 2.75) is 23.5 Å². The molecule has 0 aromatic heterocycles. The lowest BCUT2D eigenvalue weighted by atomic mass is 9.91. The number of halogens is 1. The van der Waals surface area contributed by atoms with Crippen LogP contribution in [0.5, 0.6) is 5.75 Å². The van der Waals surface area contributed by atoms with Crippen LogP contribution in [0.4, 0.5) is 5.69 Å². The number of alkyl halides is 1. The Bertz CT molecular complexity index is 408. The Hall–Kier alpha value is -1.14. The average Bonchev–Trinajstić information content (AvgIpc) is 2.29. The molecular formula is C11H12BrNO4. The third-order valence-electron chi connectivity index (χ3n) is 2.79. The molecule has 1 aromatic rings. The summed E-state index contributed by atoms with van der Waals surface area (Å²) in [6.07, 6.45) is 0.909. The first-order valence-corrected chi connectivity index (χ1v) is 6.11. The molecule has 1 fully saturated rings. The standard InChI is InChI=1S/C11H12BrNO4/c1-16-11-9(12)6-10(11)17-8-4-2-7(3-5-8)13(14)15/h2-5,9-11H,6H2,1H3. The molecule has 3 unspecified atom stereocenters. The van der Waals surface area contributed by atoms with Gasteiger partial charge >= 0.3 is 0 Å². The van der Waals surface area contributed by atoms with Gasteiger partial charge in [0.05, 0.1) is 4.92 Å². The van der Waals surface area contributed by atoms with Crippen LogP contribution in [0.25, 0.3) is 0 Å². The van der Waals surface area contributed by atoms with E-state index in [4.69, 9.17) is 9.47 Å². The highest BCUT2D eigenvalue weighted by Gasteiger charge is 2.41. The minimum Gasteiger partial charge on any atom is -0.488 e. The minimum atomic E-state index is -0.431. The Kier molecular flexibility index (Phi) is 3.63. The number of nitrogens with zero attached hydrogens (tertiary/aromatic N) is 1. The predicted octanol–water partition coefficient (Wildman–Crippen LogP) is 2.52. The highest BCUT2D eigenvalue weighted by Crippen LogP contribution is 2.34. The molecule has 1 aliphatic rings. The molecule has 1 aliphatic carbocycles. The molecule has 0 heterocycles. The van der Waals surface area contributed by atoms with Gasteiger partial charge in [0.15, 0.2) is 0 Å². The van der Waals surface area contributed by atoms with Crippen molar-refractivity contribution >= 4 is 21.6 Å². The van der Waals surface area contributed by atoms with Crippen molar-refractivity contribution in [3.05, 3.63) is 34.4 Å². The van der Waals surface area contributed by atoms with Crippen molar-refractivity contribution in [3.63, 3.8) is 0 Å². The van der Waals surface area contributed by atoms with Gasteiger partial charge in [0.1, 0.15) is 18.0 Å². The molecule has 1 aromatic carbocycles. The van der Waals surface area contributed by atoms with Crippen molar-refractivity contribution < 1.29 is 14.4 Å². The maximum absolute atomic E-state index is 10.5. The summed E-state index contributed by atoms with van der Waals surface area (Å²) in [6.45, 7) is 0. The first-order valence-electron chi connectivity index (χ1n) is 5.20. The number of hydrogen-bond acceptors (Lipinski definition) is 4. The van der Waals surface area contributed by atoms with E-state index in [1.807, 2.05) is 0 Å². The van der Waals surface area contributed by atoms with E-state index in [2.05, 4.69) is 15.9 Å². The Morgan fingerprint density at radius 2 is 2.06 bits per heavy atom. The van der Waals surface area contributed by atoms with Gasteiger partial charge in [0.2, 0.25) is 0 Å². The number of benzene rings is 1. The van der Waals surface area contributed by atoms with Crippen LogP contribution >= 0.6 is 15.9 Å². The molecule has 0 radical (unpaired) electrons. The molecular weight excluding hydrogens is 290 g/mol. The van der Waals surface area contributed by atoms with E-state index < -0.39 is 4.92 Å². The van der Waals surface area contributed by atoms with E-state index in [0.717, 1.165) is 6.42 Å². The quantitative estimate of drug-likeness (QED) is 0.487. The lowest BCUT2D eigenvalue weighted by molar-refractivity contribution is -0.384. The summed E-state index contributed by atoms with van der Waals surface area (Å²) < 4.78 is 10.9. The van der Waals surface area contributed by atoms with Crippen molar-refractivity contribution in [2.24, 2.45) is 0 Å². The van der Waals surface area contributed by atoms with Gasteiger partial charge in [-0.3, -0.25) is 10.1 Å². The molecule has 2 rings (SSSR count). The molecule has 1 saturated carbocycles. The molecule has 0 bridgehead atoms. The fraction of sp³-hybridized carbons (Fsp3) is 0.455. The summed E-state index contributed by atoms with van der Waals surface area (Å²) in [5.41, 5.74) is 0.0626. The van der Waals surface area contributed by atoms with Gasteiger partial charge in [0, 0.05) is 30.5 Å². The van der Waals surface area contributed by atoms with Crippen LogP contribution in [-0.2, 0) is 4.74 Å². The molecule has 0 N–H and O–H groups in total. The Labute approximate surface area is 107 Å². The molecule has 92 valence electrons. The smallest absolute Gasteiger partial charge is 0.269 e. The Balaban J connectivity index is 1.98. The number of ether oxygens (including phenoxy) is 2. The monoisotopic (exact) mass is 301 g/mol. The predicted molar refractivity (Wildman–Crippen MR) is 65.6 cm³/mol. The van der Waals surface area contributed by atoms with Gasteiger partial charge < -0.3 is 9.47 Å². The third-order valence-corrected chi connectivity index (χ3v) is 3.68. The minimum absolute atomic E-state index is 0.00540. The molecule has 0 spiro atoms. The number of nitro benzene ring substituents is 1. The van der Waals surface area contributed by atoms with E-state index in [0.29, 0.717) is 10.6 Å². The van der Waals surface area contributed by atoms with Crippen LogP contribution in [-0.4, -0.2) is 29.1 Å². The average molecular weight is 302 g/mol. The molecule has 17 heavy (non-hydrogen) atoms. The fourth-order valence-corrected chi connectivity index (χ4v) is 2.69. The zero-order valence-corrected chi connectivity index (χ0v) is 10.8. The highest BCUT2D eigenvalue weighted by molar-refractivity contribution is 9.09. The molecule has 5 nitrogen and oxygen atoms in total. The van der Waals surface area contributed by atoms with Crippen molar-refractivity contribution in [2.75, 3.05) is 7.11 Å². The van der Waals surface area contributed by atoms with E-state index in [1.54, 1.807) is 19.2 Å². The van der Waals surface area contributed by atoms with Crippen LogP contribution in [0.2, 0.25) is 0 Å². The van der Waals surface area contributed by atoms with E-state index >= 15 is 0 Å². The maximum atomic E-state index is 10.5. The lowest BCUT2D eigenvalue weighted by Gasteiger charge is -2.40. The van der Waals surface area contributed by atoms with Gasteiger partial charge in [-0.25, -0.2) is 0 Å². The van der Waals surface area contributed by atoms with Gasteiger partial charge in [-0.15, -0.1) is 0 Å². The Morgan fingerprint density at radius 1 is 1.41 bits per heavy atom. The SMILES string of the molecule is COC1C(Br)CC1Oc1ccc([N+](=O)[O-])cc1. The molecule has 0 aliphatic heterocycles. The lowest BCUT2D eigenvalue weighted by Crippen LogP contribution is -2.51. The van der Waals surface area contributed by atoms with E-state index in [1.165, 1.54) is 12.1 Å². The van der Waals surface area contributed by atoms with Crippen molar-refractivity contribution in [3.8, 4) is 5.75 Å².